The van der Waals surface area contributed by atoms with Crippen LogP contribution in [0.4, 0.5) is 18.9 Å². The Labute approximate surface area is 84.4 Å². The second-order valence-electron chi connectivity index (χ2n) is 2.19. The normalized spacial score (nSPS) is 10.3. The highest BCUT2D eigenvalue weighted by molar-refractivity contribution is 5.85. The van der Waals surface area contributed by atoms with Gasteiger partial charge in [-0.3, -0.25) is 5.84 Å². The molecule has 1 rings (SSSR count). The first-order valence-electron chi connectivity index (χ1n) is 3.34. The number of halogens is 4. The first kappa shape index (κ1) is 12.9. The fourth-order valence-corrected chi connectivity index (χ4v) is 0.800. The van der Waals surface area contributed by atoms with E-state index in [0.29, 0.717) is 0 Å². The summed E-state index contributed by atoms with van der Waals surface area (Å²) in [4.78, 5) is 0. The molecule has 0 aliphatic heterocycles. The summed E-state index contributed by atoms with van der Waals surface area (Å²) in [5.41, 5.74) is 2.18. The Morgan fingerprint density at radius 3 is 2.29 bits per heavy atom. The van der Waals surface area contributed by atoms with Crippen LogP contribution in [0.2, 0.25) is 0 Å². The average Bonchev–Trinajstić information content (AvgIpc) is 2.02. The fraction of sp³-hybridized carbons (Fsp3) is 0.143. The van der Waals surface area contributed by atoms with Crippen LogP contribution in [-0.4, -0.2) is 6.36 Å². The predicted octanol–water partition coefficient (Wildman–Crippen LogP) is 2.29. The summed E-state index contributed by atoms with van der Waals surface area (Å²) < 4.78 is 39.0. The molecule has 0 atom stereocenters. The Morgan fingerprint density at radius 2 is 1.79 bits per heavy atom. The number of hydrogen-bond donors (Lipinski definition) is 2. The zero-order valence-corrected chi connectivity index (χ0v) is 7.65. The molecule has 0 amide bonds. The summed E-state index contributed by atoms with van der Waals surface area (Å²) in [5.74, 6) is 4.62. The van der Waals surface area contributed by atoms with Gasteiger partial charge in [-0.05, 0) is 12.1 Å². The fourth-order valence-electron chi connectivity index (χ4n) is 0.800. The second kappa shape index (κ2) is 4.92. The molecule has 1 aromatic carbocycles. The zero-order chi connectivity index (χ0) is 9.90. The van der Waals surface area contributed by atoms with Crippen molar-refractivity contribution in [1.82, 2.24) is 0 Å². The minimum Gasteiger partial charge on any atom is -0.404 e. The highest BCUT2D eigenvalue weighted by Gasteiger charge is 2.31. The number of nitrogens with two attached hydrogens (primary N) is 1. The molecule has 80 valence electrons. The Kier molecular flexibility index (Phi) is 4.52. The number of para-hydroxylation sites is 2. The van der Waals surface area contributed by atoms with Crippen molar-refractivity contribution < 1.29 is 17.9 Å². The van der Waals surface area contributed by atoms with Crippen LogP contribution in [-0.2, 0) is 0 Å². The number of benzene rings is 1. The third-order valence-corrected chi connectivity index (χ3v) is 1.27. The van der Waals surface area contributed by atoms with Gasteiger partial charge in [-0.1, -0.05) is 12.1 Å². The maximum atomic E-state index is 11.8. The molecule has 0 saturated carbocycles. The van der Waals surface area contributed by atoms with Gasteiger partial charge in [0.2, 0.25) is 0 Å². The lowest BCUT2D eigenvalue weighted by molar-refractivity contribution is -0.274. The molecule has 0 unspecified atom stereocenters. The van der Waals surface area contributed by atoms with E-state index in [-0.39, 0.29) is 23.8 Å². The van der Waals surface area contributed by atoms with Crippen LogP contribution in [0, 0.1) is 0 Å². The summed E-state index contributed by atoms with van der Waals surface area (Å²) in [6, 6.07) is 5.50. The van der Waals surface area contributed by atoms with Crippen molar-refractivity contribution in [2.24, 2.45) is 5.84 Å². The van der Waals surface area contributed by atoms with Gasteiger partial charge >= 0.3 is 6.36 Å². The van der Waals surface area contributed by atoms with E-state index in [1.807, 2.05) is 0 Å². The molecule has 7 heteroatoms. The number of hydrazine groups is 1. The van der Waals surface area contributed by atoms with Gasteiger partial charge in [-0.15, -0.1) is 25.6 Å². The van der Waals surface area contributed by atoms with Gasteiger partial charge in [0, 0.05) is 0 Å². The lowest BCUT2D eigenvalue weighted by atomic mass is 10.3. The molecule has 0 saturated heterocycles. The van der Waals surface area contributed by atoms with Crippen molar-refractivity contribution in [2.45, 2.75) is 6.36 Å². The molecule has 3 nitrogen and oxygen atoms in total. The van der Waals surface area contributed by atoms with Crippen LogP contribution in [0.5, 0.6) is 5.75 Å². The standard InChI is InChI=1S/C7H7F3N2O.ClH/c8-7(9,10)13-6-4-2-1-3-5(6)12-11;/h1-4,12H,11H2;1H. The van der Waals surface area contributed by atoms with E-state index in [1.165, 1.54) is 18.2 Å². The number of rotatable bonds is 2. The largest absolute Gasteiger partial charge is 0.573 e. The molecule has 0 fully saturated rings. The molecule has 0 radical (unpaired) electrons. The zero-order valence-electron chi connectivity index (χ0n) is 6.84. The lowest BCUT2D eigenvalue weighted by Crippen LogP contribution is -2.19. The first-order valence-corrected chi connectivity index (χ1v) is 3.34. The predicted molar refractivity (Wildman–Crippen MR) is 48.2 cm³/mol. The van der Waals surface area contributed by atoms with Gasteiger partial charge in [0.1, 0.15) is 0 Å². The monoisotopic (exact) mass is 228 g/mol. The summed E-state index contributed by atoms with van der Waals surface area (Å²) in [5, 5.41) is 0. The molecular weight excluding hydrogens is 221 g/mol. The van der Waals surface area contributed by atoms with Crippen molar-refractivity contribution in [3.8, 4) is 5.75 Å². The molecule has 0 aliphatic rings. The highest BCUT2D eigenvalue weighted by Crippen LogP contribution is 2.28. The van der Waals surface area contributed by atoms with Crippen LogP contribution in [0.15, 0.2) is 24.3 Å². The summed E-state index contributed by atoms with van der Waals surface area (Å²) in [6.07, 6.45) is -4.70. The summed E-state index contributed by atoms with van der Waals surface area (Å²) in [7, 11) is 0. The van der Waals surface area contributed by atoms with E-state index in [2.05, 4.69) is 10.2 Å². The number of hydrogen-bond acceptors (Lipinski definition) is 3. The average molecular weight is 229 g/mol. The van der Waals surface area contributed by atoms with E-state index in [0.717, 1.165) is 0 Å². The van der Waals surface area contributed by atoms with E-state index in [1.54, 1.807) is 6.07 Å². The van der Waals surface area contributed by atoms with Gasteiger partial charge in [-0.25, -0.2) is 0 Å². The number of nitrogens with one attached hydrogen (secondary N) is 1. The minimum atomic E-state index is -4.70. The third kappa shape index (κ3) is 3.71. The molecule has 3 N–H and O–H groups in total. The van der Waals surface area contributed by atoms with Gasteiger partial charge < -0.3 is 10.2 Å². The van der Waals surface area contributed by atoms with Gasteiger partial charge in [0.15, 0.2) is 5.75 Å². The Bertz CT molecular complexity index is 293. The van der Waals surface area contributed by atoms with E-state index < -0.39 is 6.36 Å². The summed E-state index contributed by atoms with van der Waals surface area (Å²) in [6.45, 7) is 0. The van der Waals surface area contributed by atoms with Crippen molar-refractivity contribution in [3.05, 3.63) is 24.3 Å². The van der Waals surface area contributed by atoms with Crippen molar-refractivity contribution >= 4 is 18.1 Å². The maximum absolute atomic E-state index is 11.8. The minimum absolute atomic E-state index is 0. The number of alkyl halides is 3. The summed E-state index contributed by atoms with van der Waals surface area (Å²) >= 11 is 0. The highest BCUT2D eigenvalue weighted by atomic mass is 35.5. The molecule has 1 aromatic rings. The number of anilines is 1. The van der Waals surface area contributed by atoms with Gasteiger partial charge in [0.25, 0.3) is 0 Å². The third-order valence-electron chi connectivity index (χ3n) is 1.27. The molecule has 0 spiro atoms. The topological polar surface area (TPSA) is 47.3 Å². The molecule has 0 heterocycles. The van der Waals surface area contributed by atoms with Crippen LogP contribution >= 0.6 is 12.4 Å². The Hall–Kier alpha value is -1.14. The van der Waals surface area contributed by atoms with Crippen LogP contribution in [0.1, 0.15) is 0 Å². The van der Waals surface area contributed by atoms with Crippen molar-refractivity contribution in [2.75, 3.05) is 5.43 Å². The molecule has 0 aliphatic carbocycles. The van der Waals surface area contributed by atoms with Crippen LogP contribution in [0.3, 0.4) is 0 Å². The van der Waals surface area contributed by atoms with Crippen molar-refractivity contribution in [1.29, 1.82) is 0 Å². The van der Waals surface area contributed by atoms with E-state index in [9.17, 15) is 13.2 Å². The number of nitrogen functional groups attached to an aromatic ring is 1. The van der Waals surface area contributed by atoms with Crippen LogP contribution < -0.4 is 16.0 Å². The lowest BCUT2D eigenvalue weighted by Gasteiger charge is -2.11. The Morgan fingerprint density at radius 1 is 1.21 bits per heavy atom. The molecule has 14 heavy (non-hydrogen) atoms. The van der Waals surface area contributed by atoms with Gasteiger partial charge in [-0.2, -0.15) is 0 Å². The number of ether oxygens (including phenoxy) is 1. The quantitative estimate of drug-likeness (QED) is 0.603. The smallest absolute Gasteiger partial charge is 0.404 e. The Balaban J connectivity index is 0.00000169. The van der Waals surface area contributed by atoms with E-state index in [4.69, 9.17) is 5.84 Å². The van der Waals surface area contributed by atoms with Crippen LogP contribution in [0.25, 0.3) is 0 Å². The van der Waals surface area contributed by atoms with Gasteiger partial charge in [0.05, 0.1) is 5.69 Å². The van der Waals surface area contributed by atoms with E-state index >= 15 is 0 Å². The molecule has 0 bridgehead atoms. The maximum Gasteiger partial charge on any atom is 0.573 e. The molecular formula is C7H8ClF3N2O. The van der Waals surface area contributed by atoms with Crippen molar-refractivity contribution in [3.63, 3.8) is 0 Å². The molecule has 0 aromatic heterocycles. The second-order valence-corrected chi connectivity index (χ2v) is 2.19. The SMILES string of the molecule is Cl.NNc1ccccc1OC(F)(F)F. The first-order chi connectivity index (χ1) is 6.03.